The second-order valence-electron chi connectivity index (χ2n) is 3.83. The summed E-state index contributed by atoms with van der Waals surface area (Å²) >= 11 is 1.59. The van der Waals surface area contributed by atoms with Gasteiger partial charge in [-0.25, -0.2) is 0 Å². The molecule has 0 saturated carbocycles. The molecule has 0 saturated heterocycles. The highest BCUT2D eigenvalue weighted by Gasteiger charge is 2.12. The Balaban J connectivity index is 2.53. The zero-order valence-electron chi connectivity index (χ0n) is 10.6. The van der Waals surface area contributed by atoms with Gasteiger partial charge in [0.05, 0.1) is 5.25 Å². The molecule has 17 heavy (non-hydrogen) atoms. The van der Waals surface area contributed by atoms with Crippen LogP contribution in [0.25, 0.3) is 0 Å². The van der Waals surface area contributed by atoms with Crippen molar-refractivity contribution < 1.29 is 4.79 Å². The van der Waals surface area contributed by atoms with E-state index in [-0.39, 0.29) is 11.2 Å². The van der Waals surface area contributed by atoms with Crippen molar-refractivity contribution in [2.45, 2.75) is 30.5 Å². The summed E-state index contributed by atoms with van der Waals surface area (Å²) in [6.07, 6.45) is 0. The summed E-state index contributed by atoms with van der Waals surface area (Å²) in [4.78, 5) is 12.7. The Kier molecular flexibility index (Phi) is 6.08. The van der Waals surface area contributed by atoms with Crippen molar-refractivity contribution in [1.29, 1.82) is 0 Å². The standard InChI is InChI=1S/C13H20N2OS/c1-4-15-13(16)10(2)17-12-7-5-11(6-8-12)9-14-3/h5-8,10,14H,4,9H2,1-3H3,(H,15,16). The maximum atomic E-state index is 11.6. The van der Waals surface area contributed by atoms with Gasteiger partial charge in [-0.15, -0.1) is 11.8 Å². The lowest BCUT2D eigenvalue weighted by molar-refractivity contribution is -0.120. The molecule has 4 heteroatoms. The van der Waals surface area contributed by atoms with E-state index in [0.29, 0.717) is 6.54 Å². The highest BCUT2D eigenvalue weighted by atomic mass is 32.2. The second kappa shape index (κ2) is 7.35. The molecular formula is C13H20N2OS. The van der Waals surface area contributed by atoms with Crippen LogP contribution in [0.3, 0.4) is 0 Å². The molecule has 0 fully saturated rings. The molecule has 3 nitrogen and oxygen atoms in total. The third-order valence-electron chi connectivity index (χ3n) is 2.34. The van der Waals surface area contributed by atoms with Gasteiger partial charge in [0, 0.05) is 18.0 Å². The van der Waals surface area contributed by atoms with Gasteiger partial charge in [0.1, 0.15) is 0 Å². The van der Waals surface area contributed by atoms with Crippen LogP contribution in [0.1, 0.15) is 19.4 Å². The van der Waals surface area contributed by atoms with Crippen LogP contribution < -0.4 is 10.6 Å². The Labute approximate surface area is 107 Å². The zero-order chi connectivity index (χ0) is 12.7. The first-order chi connectivity index (χ1) is 8.17. The zero-order valence-corrected chi connectivity index (χ0v) is 11.4. The number of hydrogen-bond acceptors (Lipinski definition) is 3. The van der Waals surface area contributed by atoms with E-state index in [1.54, 1.807) is 11.8 Å². The minimum Gasteiger partial charge on any atom is -0.355 e. The lowest BCUT2D eigenvalue weighted by Gasteiger charge is -2.11. The highest BCUT2D eigenvalue weighted by molar-refractivity contribution is 8.00. The van der Waals surface area contributed by atoms with Gasteiger partial charge in [0.2, 0.25) is 5.91 Å². The van der Waals surface area contributed by atoms with Gasteiger partial charge >= 0.3 is 0 Å². The van der Waals surface area contributed by atoms with Crippen LogP contribution in [0.2, 0.25) is 0 Å². The van der Waals surface area contributed by atoms with Gasteiger partial charge in [-0.3, -0.25) is 4.79 Å². The van der Waals surface area contributed by atoms with Gasteiger partial charge < -0.3 is 10.6 Å². The molecule has 1 aromatic carbocycles. The molecule has 1 rings (SSSR count). The molecule has 0 radical (unpaired) electrons. The molecule has 0 spiro atoms. The Hall–Kier alpha value is -1.00. The molecule has 94 valence electrons. The minimum absolute atomic E-state index is 0.0508. The predicted molar refractivity (Wildman–Crippen MR) is 73.2 cm³/mol. The van der Waals surface area contributed by atoms with Crippen LogP contribution in [0, 0.1) is 0 Å². The van der Waals surface area contributed by atoms with E-state index in [1.807, 2.05) is 20.9 Å². The van der Waals surface area contributed by atoms with Gasteiger partial charge in [-0.2, -0.15) is 0 Å². The second-order valence-corrected chi connectivity index (χ2v) is 5.24. The average molecular weight is 252 g/mol. The monoisotopic (exact) mass is 252 g/mol. The number of carbonyl (C=O) groups excluding carboxylic acids is 1. The molecule has 1 amide bonds. The summed E-state index contributed by atoms with van der Waals surface area (Å²) in [5.74, 6) is 0.0943. The molecule has 1 unspecified atom stereocenters. The average Bonchev–Trinajstić information content (AvgIpc) is 2.32. The third kappa shape index (κ3) is 4.79. The molecular weight excluding hydrogens is 232 g/mol. The fourth-order valence-corrected chi connectivity index (χ4v) is 2.36. The number of nitrogens with one attached hydrogen (secondary N) is 2. The summed E-state index contributed by atoms with van der Waals surface area (Å²) in [5, 5.41) is 5.88. The van der Waals surface area contributed by atoms with Crippen LogP contribution >= 0.6 is 11.8 Å². The van der Waals surface area contributed by atoms with Crippen molar-refractivity contribution in [3.8, 4) is 0 Å². The van der Waals surface area contributed by atoms with Crippen molar-refractivity contribution in [1.82, 2.24) is 10.6 Å². The molecule has 0 aromatic heterocycles. The van der Waals surface area contributed by atoms with Crippen molar-refractivity contribution in [3.05, 3.63) is 29.8 Å². The number of hydrogen-bond donors (Lipinski definition) is 2. The van der Waals surface area contributed by atoms with Crippen molar-refractivity contribution >= 4 is 17.7 Å². The maximum Gasteiger partial charge on any atom is 0.233 e. The lowest BCUT2D eigenvalue weighted by atomic mass is 10.2. The van der Waals surface area contributed by atoms with E-state index in [4.69, 9.17) is 0 Å². The number of thioether (sulfide) groups is 1. The molecule has 0 aliphatic heterocycles. The minimum atomic E-state index is -0.0508. The van der Waals surface area contributed by atoms with Crippen molar-refractivity contribution in [2.24, 2.45) is 0 Å². The molecule has 2 N–H and O–H groups in total. The van der Waals surface area contributed by atoms with Crippen LogP contribution in [0.4, 0.5) is 0 Å². The summed E-state index contributed by atoms with van der Waals surface area (Å²) in [5.41, 5.74) is 1.25. The molecule has 0 aliphatic carbocycles. The fourth-order valence-electron chi connectivity index (χ4n) is 1.47. The Bertz CT molecular complexity index is 351. The summed E-state index contributed by atoms with van der Waals surface area (Å²) in [6.45, 7) is 5.42. The molecule has 0 heterocycles. The van der Waals surface area contributed by atoms with Gasteiger partial charge in [-0.1, -0.05) is 12.1 Å². The summed E-state index contributed by atoms with van der Waals surface area (Å²) < 4.78 is 0. The molecule has 0 bridgehead atoms. The Morgan fingerprint density at radius 2 is 2.00 bits per heavy atom. The SMILES string of the molecule is CCNC(=O)C(C)Sc1ccc(CNC)cc1. The largest absolute Gasteiger partial charge is 0.355 e. The third-order valence-corrected chi connectivity index (χ3v) is 3.45. The van der Waals surface area contributed by atoms with Crippen LogP contribution in [-0.4, -0.2) is 24.7 Å². The van der Waals surface area contributed by atoms with E-state index >= 15 is 0 Å². The smallest absolute Gasteiger partial charge is 0.233 e. The van der Waals surface area contributed by atoms with Gasteiger partial charge in [0.15, 0.2) is 0 Å². The first kappa shape index (κ1) is 14.1. The van der Waals surface area contributed by atoms with Gasteiger partial charge in [-0.05, 0) is 38.6 Å². The Morgan fingerprint density at radius 3 is 2.53 bits per heavy atom. The van der Waals surface area contributed by atoms with E-state index in [9.17, 15) is 4.79 Å². The normalized spacial score (nSPS) is 12.2. The van der Waals surface area contributed by atoms with E-state index in [0.717, 1.165) is 11.4 Å². The first-order valence-electron chi connectivity index (χ1n) is 5.85. The first-order valence-corrected chi connectivity index (χ1v) is 6.73. The number of carbonyl (C=O) groups is 1. The van der Waals surface area contributed by atoms with E-state index in [1.165, 1.54) is 5.56 Å². The van der Waals surface area contributed by atoms with Crippen LogP contribution in [-0.2, 0) is 11.3 Å². The summed E-state index contributed by atoms with van der Waals surface area (Å²) in [7, 11) is 1.93. The topological polar surface area (TPSA) is 41.1 Å². The van der Waals surface area contributed by atoms with Crippen LogP contribution in [0.15, 0.2) is 29.2 Å². The van der Waals surface area contributed by atoms with Crippen molar-refractivity contribution in [2.75, 3.05) is 13.6 Å². The molecule has 1 atom stereocenters. The maximum absolute atomic E-state index is 11.6. The quantitative estimate of drug-likeness (QED) is 0.761. The molecule has 0 aliphatic rings. The predicted octanol–water partition coefficient (Wildman–Crippen LogP) is 2.02. The Morgan fingerprint density at radius 1 is 1.35 bits per heavy atom. The van der Waals surface area contributed by atoms with E-state index in [2.05, 4.69) is 34.9 Å². The van der Waals surface area contributed by atoms with Gasteiger partial charge in [0.25, 0.3) is 0 Å². The van der Waals surface area contributed by atoms with Crippen LogP contribution in [0.5, 0.6) is 0 Å². The molecule has 1 aromatic rings. The highest BCUT2D eigenvalue weighted by Crippen LogP contribution is 2.23. The lowest BCUT2D eigenvalue weighted by Crippen LogP contribution is -2.30. The number of benzene rings is 1. The van der Waals surface area contributed by atoms with Crippen molar-refractivity contribution in [3.63, 3.8) is 0 Å². The number of amides is 1. The number of rotatable bonds is 6. The fraction of sp³-hybridized carbons (Fsp3) is 0.462. The summed E-state index contributed by atoms with van der Waals surface area (Å²) in [6, 6.07) is 8.30. The van der Waals surface area contributed by atoms with E-state index < -0.39 is 0 Å².